The van der Waals surface area contributed by atoms with E-state index in [9.17, 15) is 0 Å². The molecule has 0 amide bonds. The van der Waals surface area contributed by atoms with E-state index < -0.39 is 0 Å². The van der Waals surface area contributed by atoms with Crippen molar-refractivity contribution in [3.8, 4) is 0 Å². The molecular formula is C13H26N2. The van der Waals surface area contributed by atoms with Crippen LogP contribution in [0.1, 0.15) is 46.0 Å². The molecule has 2 rings (SSSR count). The van der Waals surface area contributed by atoms with Gasteiger partial charge in [0, 0.05) is 18.6 Å². The summed E-state index contributed by atoms with van der Waals surface area (Å²) in [6.45, 7) is 6.86. The maximum atomic E-state index is 5.93. The molecule has 2 fully saturated rings. The van der Waals surface area contributed by atoms with Crippen LogP contribution < -0.4 is 5.73 Å². The van der Waals surface area contributed by atoms with Gasteiger partial charge in [0.2, 0.25) is 0 Å². The van der Waals surface area contributed by atoms with Crippen LogP contribution in [0.2, 0.25) is 0 Å². The Hall–Kier alpha value is -0.0800. The Morgan fingerprint density at radius 3 is 2.60 bits per heavy atom. The molecule has 0 aromatic carbocycles. The highest BCUT2D eigenvalue weighted by molar-refractivity contribution is 4.92. The van der Waals surface area contributed by atoms with Crippen molar-refractivity contribution in [1.29, 1.82) is 0 Å². The topological polar surface area (TPSA) is 29.3 Å². The zero-order valence-electron chi connectivity index (χ0n) is 10.3. The highest BCUT2D eigenvalue weighted by Gasteiger charge is 2.38. The molecule has 2 aliphatic rings. The van der Waals surface area contributed by atoms with Crippen molar-refractivity contribution in [2.75, 3.05) is 13.1 Å². The third-order valence-corrected chi connectivity index (χ3v) is 4.31. The minimum absolute atomic E-state index is 0.666. The lowest BCUT2D eigenvalue weighted by Crippen LogP contribution is -2.51. The second-order valence-electron chi connectivity index (χ2n) is 5.57. The summed E-state index contributed by atoms with van der Waals surface area (Å²) in [5.41, 5.74) is 5.93. The summed E-state index contributed by atoms with van der Waals surface area (Å²) in [6.07, 6.45) is 6.93. The minimum atomic E-state index is 0.666. The molecule has 3 unspecified atom stereocenters. The minimum Gasteiger partial charge on any atom is -0.329 e. The lowest BCUT2D eigenvalue weighted by Gasteiger charge is -2.43. The average Bonchev–Trinajstić information content (AvgIpc) is 3.05. The molecule has 0 radical (unpaired) electrons. The highest BCUT2D eigenvalue weighted by Crippen LogP contribution is 2.39. The smallest absolute Gasteiger partial charge is 0.0224 e. The normalized spacial score (nSPS) is 35.4. The van der Waals surface area contributed by atoms with Gasteiger partial charge in [-0.25, -0.2) is 0 Å². The largest absolute Gasteiger partial charge is 0.329 e. The molecule has 1 heterocycles. The maximum Gasteiger partial charge on any atom is 0.0224 e. The van der Waals surface area contributed by atoms with Crippen molar-refractivity contribution in [2.45, 2.75) is 58.0 Å². The van der Waals surface area contributed by atoms with E-state index in [4.69, 9.17) is 5.73 Å². The molecule has 1 saturated carbocycles. The fourth-order valence-corrected chi connectivity index (χ4v) is 3.26. The number of rotatable bonds is 4. The summed E-state index contributed by atoms with van der Waals surface area (Å²) >= 11 is 0. The van der Waals surface area contributed by atoms with Crippen LogP contribution >= 0.6 is 0 Å². The lowest BCUT2D eigenvalue weighted by atomic mass is 9.90. The first-order chi connectivity index (χ1) is 7.26. The molecule has 15 heavy (non-hydrogen) atoms. The molecule has 1 saturated heterocycles. The van der Waals surface area contributed by atoms with E-state index in [0.29, 0.717) is 6.04 Å². The zero-order valence-corrected chi connectivity index (χ0v) is 10.3. The van der Waals surface area contributed by atoms with E-state index in [-0.39, 0.29) is 0 Å². The summed E-state index contributed by atoms with van der Waals surface area (Å²) in [6, 6.07) is 1.50. The Morgan fingerprint density at radius 2 is 2.07 bits per heavy atom. The first kappa shape index (κ1) is 11.4. The maximum absolute atomic E-state index is 5.93. The first-order valence-electron chi connectivity index (χ1n) is 6.72. The van der Waals surface area contributed by atoms with Gasteiger partial charge in [0.1, 0.15) is 0 Å². The van der Waals surface area contributed by atoms with Gasteiger partial charge >= 0.3 is 0 Å². The Kier molecular flexibility index (Phi) is 3.68. The van der Waals surface area contributed by atoms with Gasteiger partial charge in [-0.3, -0.25) is 4.90 Å². The van der Waals surface area contributed by atoms with Crippen LogP contribution in [-0.2, 0) is 0 Å². The van der Waals surface area contributed by atoms with Gasteiger partial charge in [0.05, 0.1) is 0 Å². The molecule has 2 N–H and O–H groups in total. The number of nitrogens with zero attached hydrogens (tertiary/aromatic N) is 1. The van der Waals surface area contributed by atoms with E-state index in [1.54, 1.807) is 0 Å². The van der Waals surface area contributed by atoms with Crippen molar-refractivity contribution in [3.63, 3.8) is 0 Å². The van der Waals surface area contributed by atoms with Gasteiger partial charge in [-0.15, -0.1) is 0 Å². The van der Waals surface area contributed by atoms with Crippen LogP contribution in [0.4, 0.5) is 0 Å². The van der Waals surface area contributed by atoms with Crippen molar-refractivity contribution >= 4 is 0 Å². The second-order valence-corrected chi connectivity index (χ2v) is 5.57. The van der Waals surface area contributed by atoms with Gasteiger partial charge < -0.3 is 5.73 Å². The molecule has 88 valence electrons. The van der Waals surface area contributed by atoms with Crippen LogP contribution in [0.5, 0.6) is 0 Å². The van der Waals surface area contributed by atoms with E-state index in [1.807, 2.05) is 0 Å². The van der Waals surface area contributed by atoms with Crippen LogP contribution in [0, 0.1) is 11.8 Å². The van der Waals surface area contributed by atoms with Crippen molar-refractivity contribution in [2.24, 2.45) is 17.6 Å². The van der Waals surface area contributed by atoms with Crippen LogP contribution in [0.3, 0.4) is 0 Å². The number of hydrogen-bond acceptors (Lipinski definition) is 2. The fourth-order valence-electron chi connectivity index (χ4n) is 3.26. The fraction of sp³-hybridized carbons (Fsp3) is 1.00. The molecular weight excluding hydrogens is 184 g/mol. The molecule has 0 bridgehead atoms. The van der Waals surface area contributed by atoms with Crippen molar-refractivity contribution < 1.29 is 0 Å². The van der Waals surface area contributed by atoms with Gasteiger partial charge in [-0.05, 0) is 50.5 Å². The number of piperidine rings is 1. The zero-order chi connectivity index (χ0) is 10.8. The van der Waals surface area contributed by atoms with E-state index in [2.05, 4.69) is 18.7 Å². The van der Waals surface area contributed by atoms with Gasteiger partial charge in [0.15, 0.2) is 0 Å². The highest BCUT2D eigenvalue weighted by atomic mass is 15.2. The summed E-state index contributed by atoms with van der Waals surface area (Å²) in [5.74, 6) is 1.88. The molecule has 0 aromatic heterocycles. The van der Waals surface area contributed by atoms with Crippen LogP contribution in [-0.4, -0.2) is 30.1 Å². The average molecular weight is 210 g/mol. The van der Waals surface area contributed by atoms with E-state index in [0.717, 1.165) is 24.4 Å². The quantitative estimate of drug-likeness (QED) is 0.771. The summed E-state index contributed by atoms with van der Waals surface area (Å²) in [7, 11) is 0. The predicted molar refractivity (Wildman–Crippen MR) is 64.7 cm³/mol. The lowest BCUT2D eigenvalue weighted by molar-refractivity contribution is 0.0634. The monoisotopic (exact) mass is 210 g/mol. The van der Waals surface area contributed by atoms with Crippen molar-refractivity contribution in [3.05, 3.63) is 0 Å². The molecule has 1 aliphatic heterocycles. The Labute approximate surface area is 94.2 Å². The molecule has 2 nitrogen and oxygen atoms in total. The molecule has 2 heteroatoms. The predicted octanol–water partition coefficient (Wildman–Crippen LogP) is 2.23. The van der Waals surface area contributed by atoms with Gasteiger partial charge in [-0.1, -0.05) is 13.8 Å². The standard InChI is InChI=1S/C13H26N2/c1-3-13(11-4-5-11)15-7-6-10(2)8-12(15)9-14/h10-13H,3-9,14H2,1-2H3. The van der Waals surface area contributed by atoms with E-state index >= 15 is 0 Å². The summed E-state index contributed by atoms with van der Waals surface area (Å²) < 4.78 is 0. The number of hydrogen-bond donors (Lipinski definition) is 1. The third-order valence-electron chi connectivity index (χ3n) is 4.31. The molecule has 3 atom stereocenters. The molecule has 0 aromatic rings. The van der Waals surface area contributed by atoms with Gasteiger partial charge in [0.25, 0.3) is 0 Å². The number of likely N-dealkylation sites (tertiary alicyclic amines) is 1. The molecule has 1 aliphatic carbocycles. The molecule has 0 spiro atoms. The Bertz CT molecular complexity index is 201. The summed E-state index contributed by atoms with van der Waals surface area (Å²) in [4.78, 5) is 2.73. The first-order valence-corrected chi connectivity index (χ1v) is 6.72. The van der Waals surface area contributed by atoms with Gasteiger partial charge in [-0.2, -0.15) is 0 Å². The SMILES string of the molecule is CCC(C1CC1)N1CCC(C)CC1CN. The van der Waals surface area contributed by atoms with Crippen LogP contribution in [0.25, 0.3) is 0 Å². The van der Waals surface area contributed by atoms with Crippen molar-refractivity contribution in [1.82, 2.24) is 4.90 Å². The Balaban J connectivity index is 1.98. The van der Waals surface area contributed by atoms with Crippen LogP contribution in [0.15, 0.2) is 0 Å². The second kappa shape index (κ2) is 4.84. The number of nitrogens with two attached hydrogens (primary N) is 1. The summed E-state index contributed by atoms with van der Waals surface area (Å²) in [5, 5.41) is 0. The van der Waals surface area contributed by atoms with E-state index in [1.165, 1.54) is 38.6 Å². The third kappa shape index (κ3) is 2.54. The Morgan fingerprint density at radius 1 is 1.33 bits per heavy atom.